The Bertz CT molecular complexity index is 910. The second kappa shape index (κ2) is 4.99. The number of fused-ring (bicyclic) bond motifs is 3. The zero-order valence-corrected chi connectivity index (χ0v) is 12.2. The molecule has 22 heavy (non-hydrogen) atoms. The minimum Gasteiger partial charge on any atom is -0.496 e. The molecule has 6 heteroatoms. The highest BCUT2D eigenvalue weighted by Gasteiger charge is 2.18. The molecule has 3 aromatic rings. The number of imidazole rings is 1. The average Bonchev–Trinajstić information content (AvgIpc) is 3.01. The fourth-order valence-corrected chi connectivity index (χ4v) is 2.96. The van der Waals surface area contributed by atoms with E-state index in [9.17, 15) is 4.79 Å². The molecule has 0 amide bonds. The molecule has 3 heterocycles. The number of ether oxygens (including phenoxy) is 1. The SMILES string of the molecule is COc1ccccc1-c1cn2c(=O)[nH]c3c(c2n1)CNCC3. The fraction of sp³-hybridized carbons (Fsp3) is 0.250. The van der Waals surface area contributed by atoms with Crippen molar-refractivity contribution in [3.8, 4) is 17.0 Å². The van der Waals surface area contributed by atoms with Gasteiger partial charge in [0.15, 0.2) is 0 Å². The fourth-order valence-electron chi connectivity index (χ4n) is 2.96. The number of methoxy groups -OCH3 is 1. The van der Waals surface area contributed by atoms with E-state index in [2.05, 4.69) is 15.3 Å². The first-order valence-corrected chi connectivity index (χ1v) is 7.25. The van der Waals surface area contributed by atoms with Crippen LogP contribution >= 0.6 is 0 Å². The van der Waals surface area contributed by atoms with Crippen molar-refractivity contribution in [1.29, 1.82) is 0 Å². The summed E-state index contributed by atoms with van der Waals surface area (Å²) in [5.41, 5.74) is 4.23. The molecule has 1 aliphatic heterocycles. The number of benzene rings is 1. The van der Waals surface area contributed by atoms with Gasteiger partial charge in [0.1, 0.15) is 11.4 Å². The standard InChI is InChI=1S/C16H16N4O2/c1-22-14-5-3-2-4-10(14)13-9-20-15(18-13)11-8-17-7-6-12(11)19-16(20)21/h2-5,9,17H,6-8H2,1H3,(H,19,21). The highest BCUT2D eigenvalue weighted by molar-refractivity contribution is 5.70. The maximum atomic E-state index is 12.3. The molecular formula is C16H16N4O2. The maximum absolute atomic E-state index is 12.3. The number of hydrogen-bond acceptors (Lipinski definition) is 4. The van der Waals surface area contributed by atoms with Gasteiger partial charge in [0.25, 0.3) is 0 Å². The molecular weight excluding hydrogens is 280 g/mol. The first-order chi connectivity index (χ1) is 10.8. The van der Waals surface area contributed by atoms with Crippen LogP contribution < -0.4 is 15.7 Å². The van der Waals surface area contributed by atoms with Crippen LogP contribution in [0.5, 0.6) is 5.75 Å². The number of nitrogens with one attached hydrogen (secondary N) is 2. The number of nitrogens with zero attached hydrogens (tertiary/aromatic N) is 2. The Morgan fingerprint density at radius 3 is 3.05 bits per heavy atom. The molecule has 1 aromatic carbocycles. The molecule has 2 N–H and O–H groups in total. The first kappa shape index (κ1) is 13.1. The van der Waals surface area contributed by atoms with E-state index in [0.29, 0.717) is 5.65 Å². The molecule has 0 spiro atoms. The van der Waals surface area contributed by atoms with Gasteiger partial charge in [0.05, 0.1) is 12.8 Å². The van der Waals surface area contributed by atoms with Crippen molar-refractivity contribution in [3.63, 3.8) is 0 Å². The Hall–Kier alpha value is -2.60. The maximum Gasteiger partial charge on any atom is 0.331 e. The van der Waals surface area contributed by atoms with E-state index < -0.39 is 0 Å². The number of aromatic amines is 1. The van der Waals surface area contributed by atoms with Crippen LogP contribution in [0.15, 0.2) is 35.3 Å². The van der Waals surface area contributed by atoms with Crippen LogP contribution in [0.1, 0.15) is 11.3 Å². The molecule has 4 rings (SSSR count). The molecule has 6 nitrogen and oxygen atoms in total. The van der Waals surface area contributed by atoms with Crippen molar-refractivity contribution in [3.05, 3.63) is 52.2 Å². The van der Waals surface area contributed by atoms with Gasteiger partial charge in [0.2, 0.25) is 0 Å². The summed E-state index contributed by atoms with van der Waals surface area (Å²) in [4.78, 5) is 19.9. The Balaban J connectivity index is 1.98. The quantitative estimate of drug-likeness (QED) is 0.749. The van der Waals surface area contributed by atoms with Crippen LogP contribution in [-0.2, 0) is 13.0 Å². The van der Waals surface area contributed by atoms with E-state index in [1.54, 1.807) is 17.7 Å². The van der Waals surface area contributed by atoms with Gasteiger partial charge in [-0.15, -0.1) is 0 Å². The topological polar surface area (TPSA) is 71.4 Å². The summed E-state index contributed by atoms with van der Waals surface area (Å²) in [6, 6.07) is 7.68. The van der Waals surface area contributed by atoms with Gasteiger partial charge in [0, 0.05) is 42.5 Å². The molecule has 0 unspecified atom stereocenters. The van der Waals surface area contributed by atoms with Crippen molar-refractivity contribution in [2.24, 2.45) is 0 Å². The Kier molecular flexibility index (Phi) is 2.97. The van der Waals surface area contributed by atoms with Gasteiger partial charge >= 0.3 is 5.69 Å². The van der Waals surface area contributed by atoms with Gasteiger partial charge in [-0.2, -0.15) is 0 Å². The molecule has 2 aromatic heterocycles. The van der Waals surface area contributed by atoms with E-state index in [4.69, 9.17) is 4.74 Å². The first-order valence-electron chi connectivity index (χ1n) is 7.25. The van der Waals surface area contributed by atoms with E-state index in [-0.39, 0.29) is 5.69 Å². The Morgan fingerprint density at radius 1 is 1.32 bits per heavy atom. The van der Waals surface area contributed by atoms with Crippen molar-refractivity contribution in [2.45, 2.75) is 13.0 Å². The van der Waals surface area contributed by atoms with Crippen molar-refractivity contribution < 1.29 is 4.74 Å². The van der Waals surface area contributed by atoms with Crippen molar-refractivity contribution >= 4 is 5.65 Å². The van der Waals surface area contributed by atoms with Crippen LogP contribution in [-0.4, -0.2) is 28.0 Å². The van der Waals surface area contributed by atoms with E-state index in [1.807, 2.05) is 24.3 Å². The zero-order valence-electron chi connectivity index (χ0n) is 12.2. The average molecular weight is 296 g/mol. The summed E-state index contributed by atoms with van der Waals surface area (Å²) in [7, 11) is 1.63. The number of aromatic nitrogens is 3. The zero-order chi connectivity index (χ0) is 15.1. The lowest BCUT2D eigenvalue weighted by Gasteiger charge is -2.16. The van der Waals surface area contributed by atoms with Crippen molar-refractivity contribution in [1.82, 2.24) is 19.7 Å². The van der Waals surface area contributed by atoms with Crippen LogP contribution in [0.4, 0.5) is 0 Å². The molecule has 0 aliphatic carbocycles. The molecule has 0 fully saturated rings. The highest BCUT2D eigenvalue weighted by atomic mass is 16.5. The number of rotatable bonds is 2. The number of H-pyrrole nitrogens is 1. The molecule has 0 saturated carbocycles. The summed E-state index contributed by atoms with van der Waals surface area (Å²) in [6.07, 6.45) is 2.58. The highest BCUT2D eigenvalue weighted by Crippen LogP contribution is 2.29. The number of hydrogen-bond donors (Lipinski definition) is 2. The minimum absolute atomic E-state index is 0.149. The molecule has 112 valence electrons. The second-order valence-electron chi connectivity index (χ2n) is 5.33. The van der Waals surface area contributed by atoms with Gasteiger partial charge in [-0.05, 0) is 12.1 Å². The predicted molar refractivity (Wildman–Crippen MR) is 83.2 cm³/mol. The summed E-state index contributed by atoms with van der Waals surface area (Å²) < 4.78 is 6.97. The van der Waals surface area contributed by atoms with Crippen LogP contribution in [0.2, 0.25) is 0 Å². The lowest BCUT2D eigenvalue weighted by molar-refractivity contribution is 0.416. The smallest absolute Gasteiger partial charge is 0.331 e. The third-order valence-electron chi connectivity index (χ3n) is 4.05. The summed E-state index contributed by atoms with van der Waals surface area (Å²) >= 11 is 0. The summed E-state index contributed by atoms with van der Waals surface area (Å²) in [5.74, 6) is 0.745. The monoisotopic (exact) mass is 296 g/mol. The predicted octanol–water partition coefficient (Wildman–Crippen LogP) is 1.34. The van der Waals surface area contributed by atoms with E-state index in [0.717, 1.165) is 47.8 Å². The molecule has 0 bridgehead atoms. The largest absolute Gasteiger partial charge is 0.496 e. The van der Waals surface area contributed by atoms with Gasteiger partial charge in [-0.1, -0.05) is 12.1 Å². The van der Waals surface area contributed by atoms with E-state index >= 15 is 0 Å². The third-order valence-corrected chi connectivity index (χ3v) is 4.05. The van der Waals surface area contributed by atoms with Crippen molar-refractivity contribution in [2.75, 3.05) is 13.7 Å². The lowest BCUT2D eigenvalue weighted by Crippen LogP contribution is -2.29. The Labute approximate surface area is 126 Å². The Morgan fingerprint density at radius 2 is 2.18 bits per heavy atom. The van der Waals surface area contributed by atoms with Gasteiger partial charge in [-0.25, -0.2) is 9.78 Å². The number of para-hydroxylation sites is 1. The molecule has 0 atom stereocenters. The van der Waals surface area contributed by atoms with Gasteiger partial charge in [-0.3, -0.25) is 4.40 Å². The second-order valence-corrected chi connectivity index (χ2v) is 5.33. The third kappa shape index (κ3) is 1.92. The van der Waals surface area contributed by atoms with Crippen LogP contribution in [0, 0.1) is 0 Å². The molecule has 1 aliphatic rings. The summed E-state index contributed by atoms with van der Waals surface area (Å²) in [5, 5.41) is 3.32. The van der Waals surface area contributed by atoms with Crippen LogP contribution in [0.3, 0.4) is 0 Å². The lowest BCUT2D eigenvalue weighted by atomic mass is 10.1. The van der Waals surface area contributed by atoms with E-state index in [1.165, 1.54) is 0 Å². The minimum atomic E-state index is -0.149. The summed E-state index contributed by atoms with van der Waals surface area (Å²) in [6.45, 7) is 1.59. The van der Waals surface area contributed by atoms with Gasteiger partial charge < -0.3 is 15.0 Å². The van der Waals surface area contributed by atoms with Crippen LogP contribution in [0.25, 0.3) is 16.9 Å². The molecule has 0 radical (unpaired) electrons. The molecule has 0 saturated heterocycles. The normalized spacial score (nSPS) is 14.0.